The molecular formula is C22H31N3O3. The third-order valence-electron chi connectivity index (χ3n) is 4.72. The highest BCUT2D eigenvalue weighted by Crippen LogP contribution is 2.22. The average Bonchev–Trinajstić information content (AvgIpc) is 3.15. The Labute approximate surface area is 167 Å². The number of rotatable bonds is 7. The first kappa shape index (κ1) is 21.7. The van der Waals surface area contributed by atoms with Crippen LogP contribution in [0.3, 0.4) is 0 Å². The van der Waals surface area contributed by atoms with E-state index in [1.807, 2.05) is 43.3 Å². The summed E-state index contributed by atoms with van der Waals surface area (Å²) >= 11 is 0. The van der Waals surface area contributed by atoms with Gasteiger partial charge in [-0.25, -0.2) is 0 Å². The molecule has 0 aliphatic carbocycles. The maximum Gasteiger partial charge on any atom is 0.251 e. The van der Waals surface area contributed by atoms with Gasteiger partial charge in [-0.2, -0.15) is 0 Å². The predicted molar refractivity (Wildman–Crippen MR) is 110 cm³/mol. The SMILES string of the molecule is CC(NC(=O)c1ccc(C(C)(C)C)cc1)C(=O)NCC(c1ccco1)N(C)C. The van der Waals surface area contributed by atoms with Crippen molar-refractivity contribution in [3.63, 3.8) is 0 Å². The van der Waals surface area contributed by atoms with Crippen LogP contribution >= 0.6 is 0 Å². The summed E-state index contributed by atoms with van der Waals surface area (Å²) in [5.41, 5.74) is 1.72. The van der Waals surface area contributed by atoms with Crippen LogP contribution in [0.2, 0.25) is 0 Å². The second-order valence-corrected chi connectivity index (χ2v) is 8.26. The molecule has 2 aromatic rings. The minimum absolute atomic E-state index is 0.0269. The lowest BCUT2D eigenvalue weighted by atomic mass is 9.86. The van der Waals surface area contributed by atoms with Crippen molar-refractivity contribution in [1.82, 2.24) is 15.5 Å². The molecule has 2 N–H and O–H groups in total. The molecule has 1 heterocycles. The van der Waals surface area contributed by atoms with Crippen molar-refractivity contribution in [2.24, 2.45) is 0 Å². The predicted octanol–water partition coefficient (Wildman–Crippen LogP) is 3.11. The molecule has 1 aromatic carbocycles. The Bertz CT molecular complexity index is 774. The lowest BCUT2D eigenvalue weighted by Crippen LogP contribution is -2.46. The van der Waals surface area contributed by atoms with Crippen molar-refractivity contribution >= 4 is 11.8 Å². The van der Waals surface area contributed by atoms with E-state index in [0.29, 0.717) is 12.1 Å². The molecule has 0 fully saturated rings. The molecule has 2 rings (SSSR count). The highest BCUT2D eigenvalue weighted by atomic mass is 16.3. The van der Waals surface area contributed by atoms with E-state index in [-0.39, 0.29) is 23.3 Å². The monoisotopic (exact) mass is 385 g/mol. The summed E-state index contributed by atoms with van der Waals surface area (Å²) in [6.07, 6.45) is 1.61. The topological polar surface area (TPSA) is 74.6 Å². The molecule has 2 amide bonds. The third-order valence-corrected chi connectivity index (χ3v) is 4.72. The fourth-order valence-electron chi connectivity index (χ4n) is 2.84. The van der Waals surface area contributed by atoms with Crippen LogP contribution in [-0.2, 0) is 10.2 Å². The minimum Gasteiger partial charge on any atom is -0.468 e. The zero-order valence-electron chi connectivity index (χ0n) is 17.6. The quantitative estimate of drug-likeness (QED) is 0.768. The average molecular weight is 386 g/mol. The summed E-state index contributed by atoms with van der Waals surface area (Å²) in [4.78, 5) is 26.8. The van der Waals surface area contributed by atoms with E-state index in [1.54, 1.807) is 25.3 Å². The van der Waals surface area contributed by atoms with Crippen molar-refractivity contribution in [2.75, 3.05) is 20.6 Å². The number of carbonyl (C=O) groups excluding carboxylic acids is 2. The summed E-state index contributed by atoms with van der Waals surface area (Å²) in [7, 11) is 3.84. The molecule has 0 spiro atoms. The van der Waals surface area contributed by atoms with Gasteiger partial charge in [0.2, 0.25) is 5.91 Å². The molecule has 1 aromatic heterocycles. The highest BCUT2D eigenvalue weighted by molar-refractivity contribution is 5.97. The van der Waals surface area contributed by atoms with Gasteiger partial charge >= 0.3 is 0 Å². The van der Waals surface area contributed by atoms with Gasteiger partial charge in [-0.3, -0.25) is 14.5 Å². The second-order valence-electron chi connectivity index (χ2n) is 8.26. The van der Waals surface area contributed by atoms with Crippen LogP contribution in [0.15, 0.2) is 47.1 Å². The van der Waals surface area contributed by atoms with E-state index in [2.05, 4.69) is 31.4 Å². The molecule has 28 heavy (non-hydrogen) atoms. The minimum atomic E-state index is -0.644. The van der Waals surface area contributed by atoms with Crippen LogP contribution in [0.4, 0.5) is 0 Å². The van der Waals surface area contributed by atoms with E-state index < -0.39 is 6.04 Å². The molecule has 0 radical (unpaired) electrons. The molecule has 0 saturated carbocycles. The van der Waals surface area contributed by atoms with E-state index in [0.717, 1.165) is 11.3 Å². The van der Waals surface area contributed by atoms with Gasteiger partial charge in [-0.15, -0.1) is 0 Å². The van der Waals surface area contributed by atoms with Gasteiger partial charge < -0.3 is 15.1 Å². The molecule has 2 unspecified atom stereocenters. The van der Waals surface area contributed by atoms with Crippen molar-refractivity contribution in [3.8, 4) is 0 Å². The Balaban J connectivity index is 1.91. The molecular weight excluding hydrogens is 354 g/mol. The van der Waals surface area contributed by atoms with E-state index in [4.69, 9.17) is 4.42 Å². The van der Waals surface area contributed by atoms with E-state index in [1.165, 1.54) is 0 Å². The van der Waals surface area contributed by atoms with Crippen LogP contribution in [-0.4, -0.2) is 43.4 Å². The Hall–Kier alpha value is -2.60. The fourth-order valence-corrected chi connectivity index (χ4v) is 2.84. The largest absolute Gasteiger partial charge is 0.468 e. The first-order valence-electron chi connectivity index (χ1n) is 9.48. The number of nitrogens with zero attached hydrogens (tertiary/aromatic N) is 1. The molecule has 0 bridgehead atoms. The van der Waals surface area contributed by atoms with Crippen LogP contribution < -0.4 is 10.6 Å². The lowest BCUT2D eigenvalue weighted by Gasteiger charge is -2.23. The van der Waals surface area contributed by atoms with E-state index >= 15 is 0 Å². The number of benzene rings is 1. The number of nitrogens with one attached hydrogen (secondary N) is 2. The maximum atomic E-state index is 12.4. The van der Waals surface area contributed by atoms with Gasteiger partial charge in [0, 0.05) is 12.1 Å². The molecule has 0 saturated heterocycles. The molecule has 0 aliphatic rings. The number of furan rings is 1. The zero-order chi connectivity index (χ0) is 20.9. The Morgan fingerprint density at radius 3 is 2.25 bits per heavy atom. The second kappa shape index (κ2) is 9.06. The Kier molecular flexibility index (Phi) is 7.02. The number of amides is 2. The Morgan fingerprint density at radius 2 is 1.75 bits per heavy atom. The van der Waals surface area contributed by atoms with Gasteiger partial charge in [0.25, 0.3) is 5.91 Å². The first-order chi connectivity index (χ1) is 13.1. The third kappa shape index (κ3) is 5.70. The van der Waals surface area contributed by atoms with Gasteiger partial charge in [0.05, 0.1) is 12.3 Å². The summed E-state index contributed by atoms with van der Waals surface area (Å²) in [6.45, 7) is 8.43. The summed E-state index contributed by atoms with van der Waals surface area (Å²) in [6, 6.07) is 10.5. The maximum absolute atomic E-state index is 12.4. The van der Waals surface area contributed by atoms with Crippen molar-refractivity contribution in [2.45, 2.75) is 45.2 Å². The van der Waals surface area contributed by atoms with Gasteiger partial charge in [0.1, 0.15) is 11.8 Å². The zero-order valence-corrected chi connectivity index (χ0v) is 17.6. The van der Waals surface area contributed by atoms with Crippen LogP contribution in [0.5, 0.6) is 0 Å². The van der Waals surface area contributed by atoms with Crippen LogP contribution in [0.1, 0.15) is 55.4 Å². The lowest BCUT2D eigenvalue weighted by molar-refractivity contribution is -0.122. The van der Waals surface area contributed by atoms with Crippen molar-refractivity contribution in [3.05, 3.63) is 59.5 Å². The standard InChI is InChI=1S/C22H31N3O3/c1-15(20(26)23-14-18(25(5)6)19-8-7-13-28-19)24-21(27)16-9-11-17(12-10-16)22(2,3)4/h7-13,15,18H,14H2,1-6H3,(H,23,26)(H,24,27). The first-order valence-corrected chi connectivity index (χ1v) is 9.48. The molecule has 6 nitrogen and oxygen atoms in total. The van der Waals surface area contributed by atoms with Crippen molar-refractivity contribution in [1.29, 1.82) is 0 Å². The molecule has 152 valence electrons. The van der Waals surface area contributed by atoms with E-state index in [9.17, 15) is 9.59 Å². The summed E-state index contributed by atoms with van der Waals surface area (Å²) in [5.74, 6) is 0.275. The summed E-state index contributed by atoms with van der Waals surface area (Å²) < 4.78 is 5.44. The summed E-state index contributed by atoms with van der Waals surface area (Å²) in [5, 5.41) is 5.64. The van der Waals surface area contributed by atoms with Gasteiger partial charge in [-0.1, -0.05) is 32.9 Å². The van der Waals surface area contributed by atoms with Crippen LogP contribution in [0.25, 0.3) is 0 Å². The molecule has 6 heteroatoms. The smallest absolute Gasteiger partial charge is 0.251 e. The van der Waals surface area contributed by atoms with Gasteiger partial charge in [0.15, 0.2) is 0 Å². The number of likely N-dealkylation sites (N-methyl/N-ethyl adjacent to an activating group) is 1. The number of hydrogen-bond donors (Lipinski definition) is 2. The fraction of sp³-hybridized carbons (Fsp3) is 0.455. The Morgan fingerprint density at radius 1 is 1.11 bits per heavy atom. The van der Waals surface area contributed by atoms with Gasteiger partial charge in [-0.05, 0) is 56.3 Å². The molecule has 0 aliphatic heterocycles. The molecule has 2 atom stereocenters. The number of carbonyl (C=O) groups is 2. The number of hydrogen-bond acceptors (Lipinski definition) is 4. The van der Waals surface area contributed by atoms with Crippen molar-refractivity contribution < 1.29 is 14.0 Å². The van der Waals surface area contributed by atoms with Crippen LogP contribution in [0, 0.1) is 0 Å². The highest BCUT2D eigenvalue weighted by Gasteiger charge is 2.21. The normalized spacial score (nSPS) is 13.8.